The summed E-state index contributed by atoms with van der Waals surface area (Å²) >= 11 is 0. The Morgan fingerprint density at radius 2 is 1.93 bits per heavy atom. The van der Waals surface area contributed by atoms with Crippen LogP contribution >= 0.6 is 0 Å². The Kier molecular flexibility index (Phi) is 6.51. The third-order valence-corrected chi connectivity index (χ3v) is 7.00. The van der Waals surface area contributed by atoms with Crippen molar-refractivity contribution in [2.75, 3.05) is 0 Å². The van der Waals surface area contributed by atoms with Gasteiger partial charge in [-0.25, -0.2) is 4.79 Å². The average Bonchev–Trinajstić information content (AvgIpc) is 3.35. The lowest BCUT2D eigenvalue weighted by molar-refractivity contribution is 0.0696. The molecule has 2 aliphatic heterocycles. The molecular weight excluding hydrogens is 364 g/mol. The topological polar surface area (TPSA) is 66.8 Å². The molecule has 0 aromatic heterocycles. The van der Waals surface area contributed by atoms with Crippen molar-refractivity contribution in [2.24, 2.45) is 17.8 Å². The summed E-state index contributed by atoms with van der Waals surface area (Å²) in [6, 6.07) is 7.02. The number of hydrogen-bond donors (Lipinski definition) is 2. The molecule has 3 fully saturated rings. The Hall–Kier alpha value is -1.91. The number of carboxylic acids is 1. The summed E-state index contributed by atoms with van der Waals surface area (Å²) in [6.45, 7) is 0. The van der Waals surface area contributed by atoms with Gasteiger partial charge in [0.05, 0.1) is 23.9 Å². The standard InChI is InChI=1S/C25H32O4/c26-22(18-8-2-1-3-9-18)13-12-21-20(23-14-15-24(21)29-23)11-5-7-17-6-4-10-19(16-17)25(27)28/h4-7,10,12-13,16,18,20-24,26H,1-3,8-9,11,14-15H2,(H,27,28)/t20-,21+,22?,23-,24+/m1/s1. The molecule has 1 saturated carbocycles. The Morgan fingerprint density at radius 1 is 1.14 bits per heavy atom. The number of ether oxygens (including phenoxy) is 1. The molecule has 4 heteroatoms. The van der Waals surface area contributed by atoms with Crippen molar-refractivity contribution in [3.63, 3.8) is 0 Å². The van der Waals surface area contributed by atoms with E-state index in [2.05, 4.69) is 12.2 Å². The monoisotopic (exact) mass is 396 g/mol. The van der Waals surface area contributed by atoms with Gasteiger partial charge < -0.3 is 14.9 Å². The normalized spacial score (nSPS) is 31.1. The second-order valence-corrected chi connectivity index (χ2v) is 8.87. The zero-order valence-corrected chi connectivity index (χ0v) is 17.0. The molecule has 2 N–H and O–H groups in total. The number of allylic oxidation sites excluding steroid dienone is 1. The summed E-state index contributed by atoms with van der Waals surface area (Å²) in [4.78, 5) is 11.1. The van der Waals surface area contributed by atoms with Crippen molar-refractivity contribution in [2.45, 2.75) is 69.7 Å². The molecule has 1 aliphatic carbocycles. The molecule has 0 spiro atoms. The average molecular weight is 397 g/mol. The van der Waals surface area contributed by atoms with E-state index in [0.29, 0.717) is 29.4 Å². The van der Waals surface area contributed by atoms with E-state index in [1.165, 1.54) is 19.3 Å². The van der Waals surface area contributed by atoms with Gasteiger partial charge in [0, 0.05) is 5.92 Å². The van der Waals surface area contributed by atoms with Gasteiger partial charge in [-0.05, 0) is 61.6 Å². The van der Waals surface area contributed by atoms with E-state index in [1.54, 1.807) is 18.2 Å². The molecule has 1 aromatic rings. The fraction of sp³-hybridized carbons (Fsp3) is 0.560. The maximum absolute atomic E-state index is 11.1. The van der Waals surface area contributed by atoms with Gasteiger partial charge in [-0.3, -0.25) is 0 Å². The molecule has 5 atom stereocenters. The van der Waals surface area contributed by atoms with Crippen molar-refractivity contribution in [1.29, 1.82) is 0 Å². The van der Waals surface area contributed by atoms with Gasteiger partial charge in [0.15, 0.2) is 0 Å². The first-order valence-corrected chi connectivity index (χ1v) is 11.1. The van der Waals surface area contributed by atoms with Crippen LogP contribution in [0.2, 0.25) is 0 Å². The van der Waals surface area contributed by atoms with Gasteiger partial charge in [-0.2, -0.15) is 0 Å². The van der Waals surface area contributed by atoms with Crippen LogP contribution in [0.3, 0.4) is 0 Å². The van der Waals surface area contributed by atoms with Crippen LogP contribution in [0.5, 0.6) is 0 Å². The number of aliphatic hydroxyl groups is 1. The van der Waals surface area contributed by atoms with Gasteiger partial charge in [0.2, 0.25) is 0 Å². The van der Waals surface area contributed by atoms with Gasteiger partial charge in [-0.15, -0.1) is 0 Å². The van der Waals surface area contributed by atoms with Crippen LogP contribution in [-0.4, -0.2) is 34.5 Å². The fourth-order valence-electron chi connectivity index (χ4n) is 5.40. The third-order valence-electron chi connectivity index (χ3n) is 7.00. The van der Waals surface area contributed by atoms with Crippen molar-refractivity contribution in [3.8, 4) is 0 Å². The Morgan fingerprint density at radius 3 is 2.72 bits per heavy atom. The second kappa shape index (κ2) is 9.27. The van der Waals surface area contributed by atoms with Gasteiger partial charge in [0.1, 0.15) is 0 Å². The van der Waals surface area contributed by atoms with Gasteiger partial charge in [-0.1, -0.05) is 55.7 Å². The number of hydrogen-bond acceptors (Lipinski definition) is 3. The van der Waals surface area contributed by atoms with Crippen LogP contribution in [0.25, 0.3) is 6.08 Å². The SMILES string of the molecule is O=C(O)c1cccc(C=CC[C@@H]2[C@H](C=CC(O)C3CCCCC3)[C@@H]3CC[C@H]2O3)c1. The molecule has 1 unspecified atom stereocenters. The lowest BCUT2D eigenvalue weighted by atomic mass is 9.76. The van der Waals surface area contributed by atoms with Gasteiger partial charge in [0.25, 0.3) is 0 Å². The van der Waals surface area contributed by atoms with Crippen molar-refractivity contribution in [3.05, 3.63) is 53.6 Å². The first-order chi connectivity index (χ1) is 14.1. The second-order valence-electron chi connectivity index (χ2n) is 8.87. The van der Waals surface area contributed by atoms with Crippen molar-refractivity contribution < 1.29 is 19.7 Å². The summed E-state index contributed by atoms with van der Waals surface area (Å²) in [7, 11) is 0. The first-order valence-electron chi connectivity index (χ1n) is 11.1. The maximum atomic E-state index is 11.1. The number of benzene rings is 1. The number of aromatic carboxylic acids is 1. The van der Waals surface area contributed by atoms with Crippen LogP contribution in [0.1, 0.15) is 67.3 Å². The Balaban J connectivity index is 1.38. The van der Waals surface area contributed by atoms with Crippen molar-refractivity contribution in [1.82, 2.24) is 0 Å². The predicted molar refractivity (Wildman–Crippen MR) is 114 cm³/mol. The molecule has 0 amide bonds. The lowest BCUT2D eigenvalue weighted by Crippen LogP contribution is -2.26. The smallest absolute Gasteiger partial charge is 0.335 e. The van der Waals surface area contributed by atoms with E-state index in [9.17, 15) is 9.90 Å². The molecule has 2 bridgehead atoms. The summed E-state index contributed by atoms with van der Waals surface area (Å²) in [5.41, 5.74) is 1.22. The van der Waals surface area contributed by atoms with E-state index in [0.717, 1.165) is 37.7 Å². The maximum Gasteiger partial charge on any atom is 0.335 e. The van der Waals surface area contributed by atoms with Crippen LogP contribution in [-0.2, 0) is 4.74 Å². The highest BCUT2D eigenvalue weighted by molar-refractivity contribution is 5.88. The molecule has 0 radical (unpaired) electrons. The molecular formula is C25H32O4. The van der Waals surface area contributed by atoms with E-state index in [-0.39, 0.29) is 12.2 Å². The molecule has 156 valence electrons. The zero-order chi connectivity index (χ0) is 20.2. The highest BCUT2D eigenvalue weighted by atomic mass is 16.5. The minimum Gasteiger partial charge on any atom is -0.478 e. The van der Waals surface area contributed by atoms with Crippen LogP contribution < -0.4 is 0 Å². The highest BCUT2D eigenvalue weighted by Gasteiger charge is 2.46. The summed E-state index contributed by atoms with van der Waals surface area (Å²) in [5, 5.41) is 19.7. The number of aliphatic hydroxyl groups excluding tert-OH is 1. The number of rotatable bonds is 7. The molecule has 1 aromatic carbocycles. The summed E-state index contributed by atoms with van der Waals surface area (Å²) in [6.07, 6.45) is 17.9. The summed E-state index contributed by atoms with van der Waals surface area (Å²) < 4.78 is 6.18. The fourth-order valence-corrected chi connectivity index (χ4v) is 5.40. The third kappa shape index (κ3) is 4.81. The summed E-state index contributed by atoms with van der Waals surface area (Å²) in [5.74, 6) is 0.312. The zero-order valence-electron chi connectivity index (χ0n) is 17.0. The van der Waals surface area contributed by atoms with Crippen molar-refractivity contribution >= 4 is 12.0 Å². The molecule has 4 nitrogen and oxygen atoms in total. The van der Waals surface area contributed by atoms with Crippen LogP contribution in [0, 0.1) is 17.8 Å². The van der Waals surface area contributed by atoms with E-state index in [1.807, 2.05) is 18.2 Å². The largest absolute Gasteiger partial charge is 0.478 e. The lowest BCUT2D eigenvalue weighted by Gasteiger charge is -2.27. The quantitative estimate of drug-likeness (QED) is 0.631. The van der Waals surface area contributed by atoms with E-state index in [4.69, 9.17) is 9.84 Å². The molecule has 2 saturated heterocycles. The predicted octanol–water partition coefficient (Wildman–Crippen LogP) is 5.08. The molecule has 3 aliphatic rings. The highest BCUT2D eigenvalue weighted by Crippen LogP contribution is 2.46. The number of fused-ring (bicyclic) bond motifs is 2. The van der Waals surface area contributed by atoms with Gasteiger partial charge >= 0.3 is 5.97 Å². The van der Waals surface area contributed by atoms with Crippen LogP contribution in [0.15, 0.2) is 42.5 Å². The minimum atomic E-state index is -0.900. The Bertz CT molecular complexity index is 762. The Labute approximate surface area is 173 Å². The molecule has 4 rings (SSSR count). The molecule has 2 heterocycles. The number of carboxylic acid groups (broad SMARTS) is 1. The van der Waals surface area contributed by atoms with E-state index < -0.39 is 5.97 Å². The minimum absolute atomic E-state index is 0.281. The van der Waals surface area contributed by atoms with Crippen LogP contribution in [0.4, 0.5) is 0 Å². The first kappa shape index (κ1) is 20.4. The number of carbonyl (C=O) groups is 1. The van der Waals surface area contributed by atoms with E-state index >= 15 is 0 Å². The molecule has 29 heavy (non-hydrogen) atoms.